The van der Waals surface area contributed by atoms with E-state index in [9.17, 15) is 0 Å². The zero-order chi connectivity index (χ0) is 20.7. The average Bonchev–Trinajstić information content (AvgIpc) is 2.75. The van der Waals surface area contributed by atoms with Crippen LogP contribution in [0.3, 0.4) is 0 Å². The summed E-state index contributed by atoms with van der Waals surface area (Å²) in [5, 5.41) is 0. The molecule has 0 saturated heterocycles. The molecule has 160 valence electrons. The zero-order valence-electron chi connectivity index (χ0n) is 19.0. The minimum absolute atomic E-state index is 0.934. The number of benzene rings is 2. The summed E-state index contributed by atoms with van der Waals surface area (Å²) < 4.78 is 0. The maximum Gasteiger partial charge on any atom is 0.0396 e. The highest BCUT2D eigenvalue weighted by Crippen LogP contribution is 2.34. The van der Waals surface area contributed by atoms with Gasteiger partial charge in [0.15, 0.2) is 0 Å². The molecule has 0 heterocycles. The van der Waals surface area contributed by atoms with Crippen molar-refractivity contribution in [2.24, 2.45) is 0 Å². The van der Waals surface area contributed by atoms with Crippen LogP contribution in [0.25, 0.3) is 11.1 Å². The maximum atomic E-state index is 6.50. The van der Waals surface area contributed by atoms with Gasteiger partial charge in [-0.3, -0.25) is 0 Å². The van der Waals surface area contributed by atoms with Crippen LogP contribution in [-0.2, 0) is 12.8 Å². The van der Waals surface area contributed by atoms with Crippen molar-refractivity contribution in [3.05, 3.63) is 53.6 Å². The molecule has 2 aromatic carbocycles. The minimum atomic E-state index is 0.934. The first kappa shape index (κ1) is 23.5. The summed E-state index contributed by atoms with van der Waals surface area (Å²) in [5.74, 6) is 0. The van der Waals surface area contributed by atoms with Gasteiger partial charge in [0.2, 0.25) is 0 Å². The van der Waals surface area contributed by atoms with Crippen LogP contribution in [0, 0.1) is 0 Å². The molecule has 1 heteroatoms. The van der Waals surface area contributed by atoms with Crippen molar-refractivity contribution in [2.45, 2.75) is 104 Å². The summed E-state index contributed by atoms with van der Waals surface area (Å²) in [6.45, 7) is 4.57. The Kier molecular flexibility index (Phi) is 11.6. The lowest BCUT2D eigenvalue weighted by Gasteiger charge is -2.18. The van der Waals surface area contributed by atoms with Crippen molar-refractivity contribution in [3.8, 4) is 11.1 Å². The van der Waals surface area contributed by atoms with Gasteiger partial charge in [0, 0.05) is 11.3 Å². The van der Waals surface area contributed by atoms with Gasteiger partial charge in [-0.05, 0) is 48.4 Å². The van der Waals surface area contributed by atoms with E-state index in [4.69, 9.17) is 5.73 Å². The average molecular weight is 394 g/mol. The fourth-order valence-corrected chi connectivity index (χ4v) is 4.35. The van der Waals surface area contributed by atoms with Gasteiger partial charge in [0.05, 0.1) is 0 Å². The Morgan fingerprint density at radius 3 is 1.76 bits per heavy atom. The van der Waals surface area contributed by atoms with Crippen LogP contribution in [0.1, 0.15) is 102 Å². The molecule has 29 heavy (non-hydrogen) atoms. The molecule has 0 aliphatic rings. The summed E-state index contributed by atoms with van der Waals surface area (Å²) >= 11 is 0. The molecule has 0 fully saturated rings. The largest absolute Gasteiger partial charge is 0.398 e. The first-order valence-electron chi connectivity index (χ1n) is 12.2. The van der Waals surface area contributed by atoms with Crippen molar-refractivity contribution in [2.75, 3.05) is 5.73 Å². The van der Waals surface area contributed by atoms with Gasteiger partial charge >= 0.3 is 0 Å². The van der Waals surface area contributed by atoms with Crippen LogP contribution in [-0.4, -0.2) is 0 Å². The van der Waals surface area contributed by atoms with Gasteiger partial charge in [0.1, 0.15) is 0 Å². The molecule has 0 aromatic heterocycles. The quantitative estimate of drug-likeness (QED) is 0.237. The second kappa shape index (κ2) is 14.3. The van der Waals surface area contributed by atoms with E-state index in [0.717, 1.165) is 12.1 Å². The molecule has 0 aliphatic heterocycles. The third-order valence-electron chi connectivity index (χ3n) is 6.08. The molecule has 2 aromatic rings. The first-order chi connectivity index (χ1) is 14.3. The second-order valence-electron chi connectivity index (χ2n) is 8.57. The van der Waals surface area contributed by atoms with E-state index < -0.39 is 0 Å². The Bertz CT molecular complexity index is 674. The van der Waals surface area contributed by atoms with Gasteiger partial charge < -0.3 is 5.73 Å². The molecule has 2 rings (SSSR count). The summed E-state index contributed by atoms with van der Waals surface area (Å²) in [6, 6.07) is 15.2. The van der Waals surface area contributed by atoms with Crippen LogP contribution < -0.4 is 5.73 Å². The Morgan fingerprint density at radius 1 is 0.586 bits per heavy atom. The standard InChI is InChI=1S/C28H43N/c1-3-5-7-9-11-14-18-24-22-23-27(29)28(25-19-15-13-16-20-25)26(24)21-17-12-10-8-6-4-2/h13,15-16,19-20,22-23H,3-12,14,17-18,21,29H2,1-2H3. The van der Waals surface area contributed by atoms with E-state index in [-0.39, 0.29) is 0 Å². The number of rotatable bonds is 15. The number of hydrogen-bond donors (Lipinski definition) is 1. The van der Waals surface area contributed by atoms with Gasteiger partial charge in [-0.2, -0.15) is 0 Å². The monoisotopic (exact) mass is 393 g/mol. The summed E-state index contributed by atoms with van der Waals surface area (Å²) in [4.78, 5) is 0. The number of nitrogens with two attached hydrogens (primary N) is 1. The molecule has 1 nitrogen and oxygen atoms in total. The van der Waals surface area contributed by atoms with Gasteiger partial charge in [-0.15, -0.1) is 0 Å². The van der Waals surface area contributed by atoms with Crippen LogP contribution in [0.5, 0.6) is 0 Å². The molecular formula is C28H43N. The molecule has 0 aliphatic carbocycles. The van der Waals surface area contributed by atoms with Crippen molar-refractivity contribution in [3.63, 3.8) is 0 Å². The number of anilines is 1. The van der Waals surface area contributed by atoms with Crippen molar-refractivity contribution >= 4 is 5.69 Å². The lowest BCUT2D eigenvalue weighted by molar-refractivity contribution is 0.599. The smallest absolute Gasteiger partial charge is 0.0396 e. The lowest BCUT2D eigenvalue weighted by atomic mass is 9.88. The van der Waals surface area contributed by atoms with E-state index in [1.54, 1.807) is 0 Å². The zero-order valence-corrected chi connectivity index (χ0v) is 19.0. The Hall–Kier alpha value is -1.76. The molecule has 2 N–H and O–H groups in total. The summed E-state index contributed by atoms with van der Waals surface area (Å²) in [7, 11) is 0. The van der Waals surface area contributed by atoms with Crippen molar-refractivity contribution in [1.29, 1.82) is 0 Å². The molecule has 0 saturated carbocycles. The molecule has 0 unspecified atom stereocenters. The third-order valence-corrected chi connectivity index (χ3v) is 6.08. The SMILES string of the molecule is CCCCCCCCc1ccc(N)c(-c2ccccc2)c1CCCCCCCC. The number of nitrogen functional groups attached to an aromatic ring is 1. The second-order valence-corrected chi connectivity index (χ2v) is 8.57. The Labute approximate surface area is 180 Å². The van der Waals surface area contributed by atoms with Gasteiger partial charge in [-0.1, -0.05) is 114 Å². The lowest BCUT2D eigenvalue weighted by Crippen LogP contribution is -2.03. The number of aryl methyl sites for hydroxylation is 1. The van der Waals surface area contributed by atoms with E-state index in [2.05, 4.69) is 56.3 Å². The molecule has 0 spiro atoms. The molecule has 0 amide bonds. The van der Waals surface area contributed by atoms with E-state index in [0.29, 0.717) is 0 Å². The fraction of sp³-hybridized carbons (Fsp3) is 0.571. The van der Waals surface area contributed by atoms with E-state index in [1.165, 1.54) is 106 Å². The predicted molar refractivity (Wildman–Crippen MR) is 130 cm³/mol. The fourth-order valence-electron chi connectivity index (χ4n) is 4.35. The highest BCUT2D eigenvalue weighted by atomic mass is 14.6. The normalized spacial score (nSPS) is 11.1. The Morgan fingerprint density at radius 2 is 1.14 bits per heavy atom. The van der Waals surface area contributed by atoms with Crippen LogP contribution in [0.2, 0.25) is 0 Å². The molecule has 0 atom stereocenters. The third kappa shape index (κ3) is 8.25. The molecule has 0 radical (unpaired) electrons. The highest BCUT2D eigenvalue weighted by molar-refractivity contribution is 5.80. The maximum absolute atomic E-state index is 6.50. The predicted octanol–water partition coefficient (Wildman–Crippen LogP) is 8.74. The Balaban J connectivity index is 2.09. The van der Waals surface area contributed by atoms with Crippen LogP contribution in [0.15, 0.2) is 42.5 Å². The number of unbranched alkanes of at least 4 members (excludes halogenated alkanes) is 10. The minimum Gasteiger partial charge on any atom is -0.398 e. The summed E-state index contributed by atoms with van der Waals surface area (Å²) in [6.07, 6.45) is 18.5. The first-order valence-corrected chi connectivity index (χ1v) is 12.2. The molecular weight excluding hydrogens is 350 g/mol. The summed E-state index contributed by atoms with van der Waals surface area (Å²) in [5.41, 5.74) is 13.0. The van der Waals surface area contributed by atoms with Gasteiger partial charge in [0.25, 0.3) is 0 Å². The van der Waals surface area contributed by atoms with Crippen LogP contribution >= 0.6 is 0 Å². The highest BCUT2D eigenvalue weighted by Gasteiger charge is 2.13. The van der Waals surface area contributed by atoms with Crippen molar-refractivity contribution < 1.29 is 0 Å². The van der Waals surface area contributed by atoms with Crippen molar-refractivity contribution in [1.82, 2.24) is 0 Å². The van der Waals surface area contributed by atoms with E-state index in [1.807, 2.05) is 0 Å². The molecule has 0 bridgehead atoms. The van der Waals surface area contributed by atoms with Gasteiger partial charge in [-0.25, -0.2) is 0 Å². The van der Waals surface area contributed by atoms with E-state index >= 15 is 0 Å². The topological polar surface area (TPSA) is 26.0 Å². The number of hydrogen-bond acceptors (Lipinski definition) is 1. The van der Waals surface area contributed by atoms with Crippen LogP contribution in [0.4, 0.5) is 5.69 Å².